The van der Waals surface area contributed by atoms with E-state index in [4.69, 9.17) is 9.72 Å². The van der Waals surface area contributed by atoms with E-state index in [2.05, 4.69) is 25.5 Å². The molecular formula is C26H34N8O5S. The summed E-state index contributed by atoms with van der Waals surface area (Å²) in [5, 5.41) is 12.5. The summed E-state index contributed by atoms with van der Waals surface area (Å²) in [6, 6.07) is 1.55. The van der Waals surface area contributed by atoms with E-state index < -0.39 is 11.7 Å². The van der Waals surface area contributed by atoms with Crippen LogP contribution in [0.3, 0.4) is 0 Å². The molecule has 0 spiro atoms. The summed E-state index contributed by atoms with van der Waals surface area (Å²) in [6.45, 7) is 7.51. The van der Waals surface area contributed by atoms with Crippen molar-refractivity contribution in [3.05, 3.63) is 29.5 Å². The first kappa shape index (κ1) is 27.6. The number of rotatable bonds is 5. The molecule has 214 valence electrons. The molecule has 5 heterocycles. The topological polar surface area (TPSA) is 143 Å². The number of amides is 3. The first-order valence-corrected chi connectivity index (χ1v) is 14.2. The largest absolute Gasteiger partial charge is 0.453 e. The molecule has 40 heavy (non-hydrogen) atoms. The summed E-state index contributed by atoms with van der Waals surface area (Å²) in [4.78, 5) is 51.4. The number of hydrogen-bond acceptors (Lipinski definition) is 10. The molecule has 3 amide bonds. The predicted octanol–water partition coefficient (Wildman–Crippen LogP) is 3.23. The number of likely N-dealkylation sites (tertiary alicyclic amines) is 2. The highest BCUT2D eigenvalue weighted by Gasteiger charge is 2.31. The van der Waals surface area contributed by atoms with E-state index in [0.29, 0.717) is 57.1 Å². The van der Waals surface area contributed by atoms with Gasteiger partial charge in [-0.2, -0.15) is 5.10 Å². The minimum atomic E-state index is -0.567. The number of anilines is 1. The lowest BCUT2D eigenvalue weighted by molar-refractivity contribution is 0.0293. The Bertz CT molecular complexity index is 1390. The predicted molar refractivity (Wildman–Crippen MR) is 148 cm³/mol. The number of aromatic nitrogens is 4. The van der Waals surface area contributed by atoms with Crippen molar-refractivity contribution in [2.75, 3.05) is 38.6 Å². The monoisotopic (exact) mass is 570 g/mol. The second-order valence-corrected chi connectivity index (χ2v) is 11.8. The minimum Gasteiger partial charge on any atom is -0.453 e. The average molecular weight is 571 g/mol. The molecule has 5 rings (SSSR count). The van der Waals surface area contributed by atoms with Crippen LogP contribution in [0.1, 0.15) is 50.5 Å². The van der Waals surface area contributed by atoms with Gasteiger partial charge in [-0.1, -0.05) is 0 Å². The van der Waals surface area contributed by atoms with E-state index in [1.54, 1.807) is 26.6 Å². The van der Waals surface area contributed by atoms with Crippen LogP contribution < -0.4 is 10.6 Å². The second kappa shape index (κ2) is 11.3. The van der Waals surface area contributed by atoms with E-state index in [1.807, 2.05) is 32.3 Å². The first-order chi connectivity index (χ1) is 19.1. The Balaban J connectivity index is 1.35. The van der Waals surface area contributed by atoms with Crippen LogP contribution in [0, 0.1) is 0 Å². The van der Waals surface area contributed by atoms with E-state index in [-0.39, 0.29) is 29.8 Å². The lowest BCUT2D eigenvalue weighted by atomic mass is 10.0. The lowest BCUT2D eigenvalue weighted by Gasteiger charge is -2.32. The molecule has 2 aliphatic heterocycles. The number of methoxy groups -OCH3 is 1. The van der Waals surface area contributed by atoms with Crippen LogP contribution in [-0.2, 0) is 9.47 Å². The van der Waals surface area contributed by atoms with Crippen molar-refractivity contribution in [3.8, 4) is 11.4 Å². The van der Waals surface area contributed by atoms with E-state index in [1.165, 1.54) is 18.4 Å². The van der Waals surface area contributed by atoms with Crippen molar-refractivity contribution in [3.63, 3.8) is 0 Å². The Morgan fingerprint density at radius 2 is 1.77 bits per heavy atom. The molecule has 1 atom stereocenters. The SMILES string of the molecule is COC(=O)NC1CCN(C(=O)c2cc(N[C@@H]3CCN(C(=O)OC(C)(C)C)C3)nc(-c3cnn4ccsc34)n2)CC1. The first-order valence-electron chi connectivity index (χ1n) is 13.3. The van der Waals surface area contributed by atoms with Crippen molar-refractivity contribution >= 4 is 40.1 Å². The van der Waals surface area contributed by atoms with Crippen molar-refractivity contribution in [1.29, 1.82) is 0 Å². The number of thiazole rings is 1. The molecule has 0 bridgehead atoms. The summed E-state index contributed by atoms with van der Waals surface area (Å²) in [5.41, 5.74) is 0.433. The molecule has 3 aromatic heterocycles. The Morgan fingerprint density at radius 3 is 2.50 bits per heavy atom. The third-order valence-corrected chi connectivity index (χ3v) is 7.69. The molecule has 0 unspecified atom stereocenters. The molecule has 2 aliphatic rings. The summed E-state index contributed by atoms with van der Waals surface area (Å²) in [6.07, 6.45) is 4.68. The normalized spacial score (nSPS) is 18.1. The zero-order valence-electron chi connectivity index (χ0n) is 23.0. The molecule has 13 nitrogen and oxygen atoms in total. The van der Waals surface area contributed by atoms with Crippen molar-refractivity contribution in [2.45, 2.75) is 57.7 Å². The molecular weight excluding hydrogens is 536 g/mol. The van der Waals surface area contributed by atoms with Gasteiger partial charge in [-0.25, -0.2) is 24.1 Å². The Labute approximate surface area is 235 Å². The highest BCUT2D eigenvalue weighted by atomic mass is 32.1. The number of fused-ring (bicyclic) bond motifs is 1. The number of nitrogens with one attached hydrogen (secondary N) is 2. The van der Waals surface area contributed by atoms with Crippen molar-refractivity contribution in [1.82, 2.24) is 34.7 Å². The molecule has 3 aromatic rings. The molecule has 0 aliphatic carbocycles. The van der Waals surface area contributed by atoms with Gasteiger partial charge in [-0.3, -0.25) is 4.79 Å². The van der Waals surface area contributed by atoms with Gasteiger partial charge in [0.15, 0.2) is 5.82 Å². The van der Waals surface area contributed by atoms with Crippen LogP contribution in [-0.4, -0.2) is 98.4 Å². The van der Waals surface area contributed by atoms with E-state index >= 15 is 0 Å². The van der Waals surface area contributed by atoms with E-state index in [9.17, 15) is 14.4 Å². The smallest absolute Gasteiger partial charge is 0.410 e. The zero-order chi connectivity index (χ0) is 28.4. The Kier molecular flexibility index (Phi) is 7.79. The van der Waals surface area contributed by atoms with Crippen molar-refractivity contribution in [2.24, 2.45) is 0 Å². The van der Waals surface area contributed by atoms with E-state index in [0.717, 1.165) is 10.4 Å². The fourth-order valence-electron chi connectivity index (χ4n) is 4.83. The van der Waals surface area contributed by atoms with Gasteiger partial charge < -0.3 is 29.9 Å². The number of ether oxygens (including phenoxy) is 2. The van der Waals surface area contributed by atoms with Gasteiger partial charge in [-0.15, -0.1) is 11.3 Å². The van der Waals surface area contributed by atoms with Gasteiger partial charge in [0.25, 0.3) is 5.91 Å². The van der Waals surface area contributed by atoms with Crippen LogP contribution in [0.5, 0.6) is 0 Å². The maximum Gasteiger partial charge on any atom is 0.410 e. The van der Waals surface area contributed by atoms with Gasteiger partial charge in [0.05, 0.1) is 18.9 Å². The van der Waals surface area contributed by atoms with Gasteiger partial charge in [-0.05, 0) is 40.0 Å². The number of carbonyl (C=O) groups excluding carboxylic acids is 3. The number of piperidine rings is 1. The van der Waals surface area contributed by atoms with Crippen LogP contribution >= 0.6 is 11.3 Å². The zero-order valence-corrected chi connectivity index (χ0v) is 23.9. The molecule has 14 heteroatoms. The molecule has 2 N–H and O–H groups in total. The van der Waals surface area contributed by atoms with Gasteiger partial charge in [0, 0.05) is 55.9 Å². The fraction of sp³-hybridized carbons (Fsp3) is 0.538. The van der Waals surface area contributed by atoms with Crippen LogP contribution in [0.25, 0.3) is 16.2 Å². The maximum absolute atomic E-state index is 13.6. The molecule has 0 radical (unpaired) electrons. The van der Waals surface area contributed by atoms with Crippen LogP contribution in [0.4, 0.5) is 15.4 Å². The number of hydrogen-bond donors (Lipinski definition) is 2. The third-order valence-electron chi connectivity index (χ3n) is 6.80. The summed E-state index contributed by atoms with van der Waals surface area (Å²) < 4.78 is 12.0. The molecule has 0 saturated carbocycles. The summed E-state index contributed by atoms with van der Waals surface area (Å²) >= 11 is 1.51. The Hall–Kier alpha value is -3.94. The van der Waals surface area contributed by atoms with Gasteiger partial charge in [0.1, 0.15) is 21.9 Å². The van der Waals surface area contributed by atoms with Crippen LogP contribution in [0.2, 0.25) is 0 Å². The fourth-order valence-corrected chi connectivity index (χ4v) is 5.62. The number of nitrogens with zero attached hydrogens (tertiary/aromatic N) is 6. The number of carbonyl (C=O) groups is 3. The second-order valence-electron chi connectivity index (χ2n) is 10.9. The maximum atomic E-state index is 13.6. The number of alkyl carbamates (subject to hydrolysis) is 1. The highest BCUT2D eigenvalue weighted by molar-refractivity contribution is 7.16. The highest BCUT2D eigenvalue weighted by Crippen LogP contribution is 2.28. The van der Waals surface area contributed by atoms with Gasteiger partial charge >= 0.3 is 12.2 Å². The third kappa shape index (κ3) is 6.27. The quantitative estimate of drug-likeness (QED) is 0.472. The summed E-state index contributed by atoms with van der Waals surface area (Å²) in [7, 11) is 1.33. The lowest BCUT2D eigenvalue weighted by Crippen LogP contribution is -2.46. The molecule has 2 fully saturated rings. The summed E-state index contributed by atoms with van der Waals surface area (Å²) in [5.74, 6) is 0.692. The molecule has 2 saturated heterocycles. The minimum absolute atomic E-state index is 0.0514. The van der Waals surface area contributed by atoms with Gasteiger partial charge in [0.2, 0.25) is 0 Å². The Morgan fingerprint density at radius 1 is 1.05 bits per heavy atom. The van der Waals surface area contributed by atoms with Crippen LogP contribution in [0.15, 0.2) is 23.8 Å². The molecule has 0 aromatic carbocycles. The average Bonchev–Trinajstić information content (AvgIpc) is 3.65. The standard InChI is InChI=1S/C26H34N8O5S/c1-26(2,3)39-25(37)33-10-7-17(15-33)28-20-13-19(22(35)32-8-5-16(6-9-32)29-24(36)38-4)30-21(31-20)18-14-27-34-11-12-40-23(18)34/h11-14,16-17H,5-10,15H2,1-4H3,(H,29,36)(H,28,30,31)/t17-/m1/s1. The van der Waals surface area contributed by atoms with Crippen molar-refractivity contribution < 1.29 is 23.9 Å².